The van der Waals surface area contributed by atoms with Crippen molar-refractivity contribution >= 4 is 34.9 Å². The number of amides is 1. The summed E-state index contributed by atoms with van der Waals surface area (Å²) in [5.41, 5.74) is 0.310. The minimum atomic E-state index is -0.270. The Balaban J connectivity index is 1.82. The molecule has 20 heavy (non-hydrogen) atoms. The lowest BCUT2D eigenvalue weighted by Crippen LogP contribution is -2.39. The average Bonchev–Trinajstić information content (AvgIpc) is 2.41. The molecule has 2 rings (SSSR count). The fourth-order valence-corrected chi connectivity index (χ4v) is 2.73. The van der Waals surface area contributed by atoms with Crippen LogP contribution in [0.5, 0.6) is 0 Å². The largest absolute Gasteiger partial charge is 0.351 e. The number of nitrogens with zero attached hydrogens (tertiary/aromatic N) is 1. The van der Waals surface area contributed by atoms with Gasteiger partial charge in [0.05, 0.1) is 15.6 Å². The van der Waals surface area contributed by atoms with Crippen LogP contribution in [0.25, 0.3) is 0 Å². The molecule has 6 heteroatoms. The van der Waals surface area contributed by atoms with Crippen LogP contribution in [0.3, 0.4) is 0 Å². The van der Waals surface area contributed by atoms with Gasteiger partial charge < -0.3 is 10.2 Å². The second kappa shape index (κ2) is 7.07. The molecule has 0 radical (unpaired) electrons. The molecule has 0 spiro atoms. The molecule has 0 atom stereocenters. The molecule has 0 bridgehead atoms. The van der Waals surface area contributed by atoms with Gasteiger partial charge in [0.1, 0.15) is 5.78 Å². The molecule has 1 heterocycles. The molecule has 1 aliphatic rings. The van der Waals surface area contributed by atoms with Gasteiger partial charge in [-0.2, -0.15) is 0 Å². The zero-order chi connectivity index (χ0) is 14.5. The fraction of sp³-hybridized carbons (Fsp3) is 0.429. The summed E-state index contributed by atoms with van der Waals surface area (Å²) in [4.78, 5) is 25.3. The van der Waals surface area contributed by atoms with Crippen LogP contribution in [0.4, 0.5) is 0 Å². The highest BCUT2D eigenvalue weighted by Crippen LogP contribution is 2.23. The number of rotatable bonds is 4. The van der Waals surface area contributed by atoms with E-state index in [1.807, 2.05) is 0 Å². The third kappa shape index (κ3) is 3.95. The van der Waals surface area contributed by atoms with Gasteiger partial charge in [0.2, 0.25) is 0 Å². The van der Waals surface area contributed by atoms with Crippen LogP contribution in [-0.2, 0) is 4.79 Å². The molecule has 0 aliphatic carbocycles. The van der Waals surface area contributed by atoms with E-state index in [1.54, 1.807) is 18.2 Å². The Morgan fingerprint density at radius 3 is 2.40 bits per heavy atom. The van der Waals surface area contributed by atoms with Crippen molar-refractivity contribution in [1.82, 2.24) is 10.2 Å². The number of ketones is 1. The summed E-state index contributed by atoms with van der Waals surface area (Å²) in [7, 11) is 0. The molecule has 0 aromatic heterocycles. The van der Waals surface area contributed by atoms with E-state index in [0.29, 0.717) is 40.8 Å². The Kier molecular flexibility index (Phi) is 5.40. The molecular formula is C14H16Cl2N2O2. The van der Waals surface area contributed by atoms with E-state index in [0.717, 1.165) is 19.6 Å². The van der Waals surface area contributed by atoms with Crippen molar-refractivity contribution in [2.24, 2.45) is 0 Å². The van der Waals surface area contributed by atoms with E-state index < -0.39 is 0 Å². The summed E-state index contributed by atoms with van der Waals surface area (Å²) in [5, 5.41) is 3.50. The van der Waals surface area contributed by atoms with Gasteiger partial charge in [-0.3, -0.25) is 9.59 Å². The van der Waals surface area contributed by atoms with Crippen molar-refractivity contribution in [1.29, 1.82) is 0 Å². The topological polar surface area (TPSA) is 49.4 Å². The molecule has 1 aromatic rings. The third-order valence-corrected chi connectivity index (χ3v) is 3.95. The number of carbonyl (C=O) groups excluding carboxylic acids is 2. The molecule has 1 N–H and O–H groups in total. The summed E-state index contributed by atoms with van der Waals surface area (Å²) in [5.74, 6) is 0.0434. The first kappa shape index (κ1) is 15.3. The van der Waals surface area contributed by atoms with Gasteiger partial charge in [0.15, 0.2) is 0 Å². The lowest BCUT2D eigenvalue weighted by Gasteiger charge is -2.25. The summed E-state index contributed by atoms with van der Waals surface area (Å²) < 4.78 is 0. The fourth-order valence-electron chi connectivity index (χ4n) is 2.16. The maximum Gasteiger partial charge on any atom is 0.254 e. The van der Waals surface area contributed by atoms with Crippen molar-refractivity contribution < 1.29 is 9.59 Å². The van der Waals surface area contributed by atoms with E-state index >= 15 is 0 Å². The van der Waals surface area contributed by atoms with Crippen molar-refractivity contribution in [3.63, 3.8) is 0 Å². The van der Waals surface area contributed by atoms with Crippen LogP contribution in [0, 0.1) is 0 Å². The number of halogens is 2. The van der Waals surface area contributed by atoms with Crippen LogP contribution >= 0.6 is 23.2 Å². The number of nitrogens with one attached hydrogen (secondary N) is 1. The number of hydrogen-bond donors (Lipinski definition) is 1. The summed E-state index contributed by atoms with van der Waals surface area (Å²) in [6.45, 7) is 2.76. The average molecular weight is 315 g/mol. The Bertz CT molecular complexity index is 490. The normalized spacial score (nSPS) is 16.2. The molecule has 0 unspecified atom stereocenters. The Labute approximate surface area is 128 Å². The number of likely N-dealkylation sites (tertiary alicyclic amines) is 1. The monoisotopic (exact) mass is 314 g/mol. The van der Waals surface area contributed by atoms with Crippen molar-refractivity contribution in [2.45, 2.75) is 12.8 Å². The van der Waals surface area contributed by atoms with E-state index in [-0.39, 0.29) is 5.91 Å². The smallest absolute Gasteiger partial charge is 0.254 e. The molecular weight excluding hydrogens is 299 g/mol. The Morgan fingerprint density at radius 2 is 1.80 bits per heavy atom. The summed E-state index contributed by atoms with van der Waals surface area (Å²) in [6, 6.07) is 4.98. The summed E-state index contributed by atoms with van der Waals surface area (Å²) in [6.07, 6.45) is 1.20. The number of benzene rings is 1. The first-order valence-corrected chi connectivity index (χ1v) is 7.30. The molecule has 108 valence electrons. The minimum Gasteiger partial charge on any atom is -0.351 e. The van der Waals surface area contributed by atoms with E-state index in [2.05, 4.69) is 10.2 Å². The SMILES string of the molecule is O=C1CCN(CCNC(=O)c2c(Cl)cccc2Cl)CC1. The molecule has 1 saturated heterocycles. The summed E-state index contributed by atoms with van der Waals surface area (Å²) >= 11 is 11.9. The standard InChI is InChI=1S/C14H16Cl2N2O2/c15-11-2-1-3-12(16)13(11)14(20)17-6-9-18-7-4-10(19)5-8-18/h1-3H,4-9H2,(H,17,20). The molecule has 1 fully saturated rings. The minimum absolute atomic E-state index is 0.270. The third-order valence-electron chi connectivity index (χ3n) is 3.32. The lowest BCUT2D eigenvalue weighted by atomic mass is 10.1. The van der Waals surface area contributed by atoms with E-state index in [9.17, 15) is 9.59 Å². The number of piperidine rings is 1. The van der Waals surface area contributed by atoms with Crippen LogP contribution < -0.4 is 5.32 Å². The highest BCUT2D eigenvalue weighted by molar-refractivity contribution is 6.39. The predicted molar refractivity (Wildman–Crippen MR) is 79.5 cm³/mol. The maximum atomic E-state index is 12.0. The first-order valence-electron chi connectivity index (χ1n) is 6.54. The van der Waals surface area contributed by atoms with Gasteiger partial charge in [-0.1, -0.05) is 29.3 Å². The van der Waals surface area contributed by atoms with E-state index in [4.69, 9.17) is 23.2 Å². The van der Waals surface area contributed by atoms with Crippen LogP contribution in [0.1, 0.15) is 23.2 Å². The zero-order valence-electron chi connectivity index (χ0n) is 11.0. The maximum absolute atomic E-state index is 12.0. The van der Waals surface area contributed by atoms with Crippen LogP contribution in [0.15, 0.2) is 18.2 Å². The predicted octanol–water partition coefficient (Wildman–Crippen LogP) is 2.39. The van der Waals surface area contributed by atoms with Gasteiger partial charge in [-0.15, -0.1) is 0 Å². The second-order valence-corrected chi connectivity index (χ2v) is 5.55. The molecule has 0 saturated carbocycles. The van der Waals surface area contributed by atoms with Crippen molar-refractivity contribution in [3.8, 4) is 0 Å². The quantitative estimate of drug-likeness (QED) is 0.928. The molecule has 1 aromatic carbocycles. The number of carbonyl (C=O) groups is 2. The zero-order valence-corrected chi connectivity index (χ0v) is 12.5. The second-order valence-electron chi connectivity index (χ2n) is 4.73. The van der Waals surface area contributed by atoms with Gasteiger partial charge >= 0.3 is 0 Å². The number of Topliss-reactive ketones (excluding diaryl/α,β-unsaturated/α-hetero) is 1. The first-order chi connectivity index (χ1) is 9.58. The van der Waals surface area contributed by atoms with Crippen LogP contribution in [-0.4, -0.2) is 42.8 Å². The Hall–Kier alpha value is -1.10. The Morgan fingerprint density at radius 1 is 1.20 bits per heavy atom. The molecule has 1 amide bonds. The van der Waals surface area contributed by atoms with Crippen molar-refractivity contribution in [3.05, 3.63) is 33.8 Å². The highest BCUT2D eigenvalue weighted by atomic mass is 35.5. The van der Waals surface area contributed by atoms with Gasteiger partial charge in [0.25, 0.3) is 5.91 Å². The van der Waals surface area contributed by atoms with Crippen LogP contribution in [0.2, 0.25) is 10.0 Å². The lowest BCUT2D eigenvalue weighted by molar-refractivity contribution is -0.121. The van der Waals surface area contributed by atoms with Gasteiger partial charge in [-0.05, 0) is 12.1 Å². The van der Waals surface area contributed by atoms with Gasteiger partial charge in [-0.25, -0.2) is 0 Å². The van der Waals surface area contributed by atoms with Gasteiger partial charge in [0, 0.05) is 39.0 Å². The number of hydrogen-bond acceptors (Lipinski definition) is 3. The molecule has 1 aliphatic heterocycles. The highest BCUT2D eigenvalue weighted by Gasteiger charge is 2.17. The molecule has 4 nitrogen and oxygen atoms in total. The van der Waals surface area contributed by atoms with Crippen molar-refractivity contribution in [2.75, 3.05) is 26.2 Å². The van der Waals surface area contributed by atoms with E-state index in [1.165, 1.54) is 0 Å².